The van der Waals surface area contributed by atoms with Crippen molar-refractivity contribution in [2.75, 3.05) is 5.32 Å². The molecule has 0 radical (unpaired) electrons. The smallest absolute Gasteiger partial charge is 0.411 e. The summed E-state index contributed by atoms with van der Waals surface area (Å²) in [6.07, 6.45) is 0.458. The molecule has 0 atom stereocenters. The molecule has 3 heterocycles. The number of nitrogens with one attached hydrogen (secondary N) is 1. The van der Waals surface area contributed by atoms with E-state index in [4.69, 9.17) is 21.4 Å². The molecule has 0 saturated heterocycles. The van der Waals surface area contributed by atoms with E-state index in [-0.39, 0.29) is 5.95 Å². The Balaban J connectivity index is 1.54. The largest absolute Gasteiger partial charge is 0.489 e. The van der Waals surface area contributed by atoms with Crippen molar-refractivity contribution in [1.29, 1.82) is 0 Å². The van der Waals surface area contributed by atoms with Gasteiger partial charge in [-0.2, -0.15) is 4.98 Å². The summed E-state index contributed by atoms with van der Waals surface area (Å²) in [6, 6.07) is 16.5. The van der Waals surface area contributed by atoms with Crippen molar-refractivity contribution in [1.82, 2.24) is 19.6 Å². The van der Waals surface area contributed by atoms with Crippen molar-refractivity contribution in [2.45, 2.75) is 6.61 Å². The Bertz CT molecular complexity index is 1130. The SMILES string of the molecule is O=C(O)Nc1nc2cccc(-c3ccc(OCc4ccc(Cl)nc4)cc3)n2n1. The molecule has 8 nitrogen and oxygen atoms in total. The quantitative estimate of drug-likeness (QED) is 0.493. The number of hydrogen-bond donors (Lipinski definition) is 2. The van der Waals surface area contributed by atoms with E-state index in [0.717, 1.165) is 16.8 Å². The van der Waals surface area contributed by atoms with Gasteiger partial charge in [-0.15, -0.1) is 5.10 Å². The van der Waals surface area contributed by atoms with Gasteiger partial charge in [0.05, 0.1) is 5.69 Å². The number of carboxylic acid groups (broad SMARTS) is 1. The van der Waals surface area contributed by atoms with Crippen LogP contribution in [-0.4, -0.2) is 30.8 Å². The van der Waals surface area contributed by atoms with Crippen LogP contribution in [0.5, 0.6) is 5.75 Å². The van der Waals surface area contributed by atoms with Crippen molar-refractivity contribution in [3.05, 3.63) is 71.5 Å². The van der Waals surface area contributed by atoms with E-state index in [1.54, 1.807) is 22.8 Å². The van der Waals surface area contributed by atoms with Crippen molar-refractivity contribution in [3.8, 4) is 17.0 Å². The van der Waals surface area contributed by atoms with Gasteiger partial charge in [-0.1, -0.05) is 23.7 Å². The summed E-state index contributed by atoms with van der Waals surface area (Å²) < 4.78 is 7.35. The minimum Gasteiger partial charge on any atom is -0.489 e. The molecule has 0 bridgehead atoms. The lowest BCUT2D eigenvalue weighted by Gasteiger charge is -2.08. The molecule has 0 spiro atoms. The van der Waals surface area contributed by atoms with Crippen molar-refractivity contribution >= 4 is 29.3 Å². The third kappa shape index (κ3) is 3.86. The van der Waals surface area contributed by atoms with Crippen LogP contribution in [0.1, 0.15) is 5.56 Å². The standard InChI is InChI=1S/C19H14ClN5O3/c20-16-9-4-12(10-21-16)11-28-14-7-5-13(6-8-14)15-2-1-3-17-22-18(23-19(26)27)24-25(15)17/h1-10H,11H2,(H,23,24)(H,26,27). The normalized spacial score (nSPS) is 10.8. The van der Waals surface area contributed by atoms with Crippen LogP contribution in [0.15, 0.2) is 60.8 Å². The molecule has 1 amide bonds. The average molecular weight is 396 g/mol. The Labute approximate surface area is 164 Å². The third-order valence-corrected chi connectivity index (χ3v) is 4.15. The summed E-state index contributed by atoms with van der Waals surface area (Å²) in [7, 11) is 0. The van der Waals surface area contributed by atoms with Crippen LogP contribution in [-0.2, 0) is 6.61 Å². The van der Waals surface area contributed by atoms with Gasteiger partial charge >= 0.3 is 6.09 Å². The van der Waals surface area contributed by atoms with E-state index in [2.05, 4.69) is 20.4 Å². The van der Waals surface area contributed by atoms with Crippen LogP contribution in [0.3, 0.4) is 0 Å². The van der Waals surface area contributed by atoms with Gasteiger partial charge in [-0.25, -0.2) is 14.3 Å². The number of amides is 1. The third-order valence-electron chi connectivity index (χ3n) is 3.92. The first-order chi connectivity index (χ1) is 13.6. The van der Waals surface area contributed by atoms with Crippen LogP contribution in [0.4, 0.5) is 10.7 Å². The maximum Gasteiger partial charge on any atom is 0.411 e. The van der Waals surface area contributed by atoms with Crippen LogP contribution in [0.2, 0.25) is 5.15 Å². The van der Waals surface area contributed by atoms with Crippen molar-refractivity contribution < 1.29 is 14.6 Å². The van der Waals surface area contributed by atoms with Crippen molar-refractivity contribution in [3.63, 3.8) is 0 Å². The van der Waals surface area contributed by atoms with E-state index in [9.17, 15) is 4.79 Å². The first-order valence-corrected chi connectivity index (χ1v) is 8.66. The molecule has 4 aromatic rings. The van der Waals surface area contributed by atoms with Gasteiger partial charge in [-0.05, 0) is 42.5 Å². The first-order valence-electron chi connectivity index (χ1n) is 8.28. The number of hydrogen-bond acceptors (Lipinski definition) is 5. The lowest BCUT2D eigenvalue weighted by atomic mass is 10.1. The molecule has 3 aromatic heterocycles. The van der Waals surface area contributed by atoms with Gasteiger partial charge in [0.2, 0.25) is 0 Å². The fraction of sp³-hybridized carbons (Fsp3) is 0.0526. The minimum absolute atomic E-state index is 0.0245. The molecule has 0 unspecified atom stereocenters. The highest BCUT2D eigenvalue weighted by Gasteiger charge is 2.10. The highest BCUT2D eigenvalue weighted by atomic mass is 35.5. The summed E-state index contributed by atoms with van der Waals surface area (Å²) in [4.78, 5) is 19.0. The molecule has 0 fully saturated rings. The predicted octanol–water partition coefficient (Wildman–Crippen LogP) is 4.11. The van der Waals surface area contributed by atoms with Gasteiger partial charge < -0.3 is 9.84 Å². The minimum atomic E-state index is -1.21. The second-order valence-electron chi connectivity index (χ2n) is 5.85. The topological polar surface area (TPSA) is 102 Å². The zero-order valence-corrected chi connectivity index (χ0v) is 15.2. The molecule has 0 aliphatic rings. The van der Waals surface area contributed by atoms with E-state index in [1.165, 1.54) is 0 Å². The number of aromatic nitrogens is 4. The number of pyridine rings is 2. The van der Waals surface area contributed by atoms with E-state index >= 15 is 0 Å². The molecule has 2 N–H and O–H groups in total. The highest BCUT2D eigenvalue weighted by Crippen LogP contribution is 2.24. The molecule has 28 heavy (non-hydrogen) atoms. The molecule has 1 aromatic carbocycles. The maximum absolute atomic E-state index is 10.8. The number of carbonyl (C=O) groups is 1. The van der Waals surface area contributed by atoms with Gasteiger partial charge in [0.15, 0.2) is 5.65 Å². The molecule has 0 aliphatic carbocycles. The van der Waals surface area contributed by atoms with Gasteiger partial charge in [-0.3, -0.25) is 5.32 Å². The summed E-state index contributed by atoms with van der Waals surface area (Å²) in [5.41, 5.74) is 3.12. The number of halogens is 1. The van der Waals surface area contributed by atoms with Gasteiger partial charge in [0, 0.05) is 17.3 Å². The molecular formula is C19H14ClN5O3. The number of rotatable bonds is 5. The zero-order chi connectivity index (χ0) is 19.5. The fourth-order valence-corrected chi connectivity index (χ4v) is 2.76. The maximum atomic E-state index is 10.8. The van der Waals surface area contributed by atoms with Crippen LogP contribution < -0.4 is 10.1 Å². The summed E-state index contributed by atoms with van der Waals surface area (Å²) in [5.74, 6) is 0.731. The van der Waals surface area contributed by atoms with Crippen molar-refractivity contribution in [2.24, 2.45) is 0 Å². The lowest BCUT2D eigenvalue weighted by molar-refractivity contribution is 0.209. The molecule has 4 rings (SSSR count). The van der Waals surface area contributed by atoms with Gasteiger partial charge in [0.25, 0.3) is 5.95 Å². The second-order valence-corrected chi connectivity index (χ2v) is 6.24. The lowest BCUT2D eigenvalue weighted by Crippen LogP contribution is -2.08. The fourth-order valence-electron chi connectivity index (χ4n) is 2.65. The molecule has 140 valence electrons. The Hall–Kier alpha value is -3.65. The zero-order valence-electron chi connectivity index (χ0n) is 14.4. The summed E-state index contributed by atoms with van der Waals surface area (Å²) >= 11 is 5.78. The van der Waals surface area contributed by atoms with E-state index in [0.29, 0.717) is 23.2 Å². The number of anilines is 1. The molecule has 9 heteroatoms. The molecular weight excluding hydrogens is 382 g/mol. The average Bonchev–Trinajstić information content (AvgIpc) is 3.09. The number of nitrogens with zero attached hydrogens (tertiary/aromatic N) is 4. The predicted molar refractivity (Wildman–Crippen MR) is 104 cm³/mol. The first kappa shape index (κ1) is 17.7. The summed E-state index contributed by atoms with van der Waals surface area (Å²) in [6.45, 7) is 0.381. The Morgan fingerprint density at radius 1 is 1.14 bits per heavy atom. The summed E-state index contributed by atoms with van der Waals surface area (Å²) in [5, 5.41) is 15.6. The van der Waals surface area contributed by atoms with Crippen LogP contribution in [0, 0.1) is 0 Å². The van der Waals surface area contributed by atoms with E-state index < -0.39 is 6.09 Å². The molecule has 0 saturated carbocycles. The van der Waals surface area contributed by atoms with Crippen LogP contribution >= 0.6 is 11.6 Å². The van der Waals surface area contributed by atoms with E-state index in [1.807, 2.05) is 42.5 Å². The number of benzene rings is 1. The van der Waals surface area contributed by atoms with Crippen LogP contribution in [0.25, 0.3) is 16.9 Å². The number of fused-ring (bicyclic) bond motifs is 1. The second kappa shape index (κ2) is 7.53. The monoisotopic (exact) mass is 395 g/mol. The molecule has 0 aliphatic heterocycles. The number of ether oxygens (including phenoxy) is 1. The Kier molecular flexibility index (Phi) is 4.77. The Morgan fingerprint density at radius 2 is 1.96 bits per heavy atom. The highest BCUT2D eigenvalue weighted by molar-refractivity contribution is 6.29. The van der Waals surface area contributed by atoms with Gasteiger partial charge in [0.1, 0.15) is 17.5 Å². The Morgan fingerprint density at radius 3 is 2.68 bits per heavy atom.